The third-order valence-corrected chi connectivity index (χ3v) is 13.2. The fourth-order valence-electron chi connectivity index (χ4n) is 8.77. The van der Waals surface area contributed by atoms with E-state index in [-0.39, 0.29) is 0 Å². The van der Waals surface area contributed by atoms with E-state index in [2.05, 4.69) is 80.6 Å². The van der Waals surface area contributed by atoms with Gasteiger partial charge in [-0.25, -0.2) is 0 Å². The number of hydrogen-bond acceptors (Lipinski definition) is 0. The molecule has 2 aromatic carbocycles. The van der Waals surface area contributed by atoms with Gasteiger partial charge in [-0.1, -0.05) is 93.4 Å². The van der Waals surface area contributed by atoms with Crippen molar-refractivity contribution in [3.05, 3.63) is 72.1 Å². The first kappa shape index (κ1) is 21.2. The Morgan fingerprint density at radius 1 is 0.719 bits per heavy atom. The van der Waals surface area contributed by atoms with E-state index in [1.807, 2.05) is 0 Å². The van der Waals surface area contributed by atoms with Crippen LogP contribution in [-0.4, -0.2) is 0 Å². The van der Waals surface area contributed by atoms with E-state index in [4.69, 9.17) is 0 Å². The van der Waals surface area contributed by atoms with Crippen molar-refractivity contribution in [3.63, 3.8) is 0 Å². The highest BCUT2D eigenvalue weighted by atomic mass is 31.1. The molecule has 1 unspecified atom stereocenters. The molecule has 0 nitrogen and oxygen atoms in total. The van der Waals surface area contributed by atoms with Crippen molar-refractivity contribution < 1.29 is 0 Å². The quantitative estimate of drug-likeness (QED) is 0.422. The summed E-state index contributed by atoms with van der Waals surface area (Å²) in [6, 6.07) is 22.8. The van der Waals surface area contributed by atoms with E-state index < -0.39 is 7.92 Å². The summed E-state index contributed by atoms with van der Waals surface area (Å²) in [5.41, 5.74) is 1.02. The predicted molar refractivity (Wildman–Crippen MR) is 139 cm³/mol. The van der Waals surface area contributed by atoms with Crippen molar-refractivity contribution >= 4 is 18.5 Å². The number of hydrogen-bond donors (Lipinski definition) is 0. The van der Waals surface area contributed by atoms with Crippen LogP contribution >= 0.6 is 7.92 Å². The SMILES string of the molecule is C[C@]12CCCCC1CC[C@@H]1[C@@H]2CC[C@]2(C)C(P(c3ccccc3)c3ccccc3)=CC[C@@H]12. The normalized spacial score (nSPS) is 38.5. The van der Waals surface area contributed by atoms with Crippen LogP contribution in [0.15, 0.2) is 72.1 Å². The van der Waals surface area contributed by atoms with Crippen LogP contribution in [0, 0.1) is 34.5 Å². The lowest BCUT2D eigenvalue weighted by atomic mass is 9.45. The lowest BCUT2D eigenvalue weighted by molar-refractivity contribution is -0.0976. The number of rotatable bonds is 3. The topological polar surface area (TPSA) is 0 Å². The highest BCUT2D eigenvalue weighted by Gasteiger charge is 2.58. The molecule has 0 amide bonds. The molecule has 0 N–H and O–H groups in total. The van der Waals surface area contributed by atoms with Gasteiger partial charge in [-0.3, -0.25) is 0 Å². The molecular weight excluding hydrogens is 403 g/mol. The Balaban J connectivity index is 1.36. The second-order valence-electron chi connectivity index (χ2n) is 11.7. The molecule has 1 heteroatoms. The second-order valence-corrected chi connectivity index (χ2v) is 13.9. The van der Waals surface area contributed by atoms with Crippen molar-refractivity contribution in [2.75, 3.05) is 0 Å². The molecule has 0 aromatic heterocycles. The Labute approximate surface area is 196 Å². The Morgan fingerprint density at radius 2 is 1.41 bits per heavy atom. The molecule has 0 heterocycles. The van der Waals surface area contributed by atoms with Gasteiger partial charge in [0, 0.05) is 0 Å². The predicted octanol–water partition coefficient (Wildman–Crippen LogP) is 8.05. The van der Waals surface area contributed by atoms with E-state index in [1.165, 1.54) is 68.4 Å². The van der Waals surface area contributed by atoms with Gasteiger partial charge >= 0.3 is 0 Å². The Hall–Kier alpha value is -1.39. The lowest BCUT2D eigenvalue weighted by Crippen LogP contribution is -2.52. The van der Waals surface area contributed by atoms with E-state index in [0.29, 0.717) is 10.8 Å². The van der Waals surface area contributed by atoms with Crippen LogP contribution in [0.5, 0.6) is 0 Å². The highest BCUT2D eigenvalue weighted by Crippen LogP contribution is 2.70. The zero-order chi connectivity index (χ0) is 21.8. The van der Waals surface area contributed by atoms with Gasteiger partial charge in [-0.2, -0.15) is 0 Å². The minimum Gasteiger partial charge on any atom is -0.0793 e. The molecule has 0 spiro atoms. The summed E-state index contributed by atoms with van der Waals surface area (Å²) in [5, 5.41) is 4.86. The minimum absolute atomic E-state index is 0.385. The third-order valence-electron chi connectivity index (χ3n) is 10.4. The van der Waals surface area contributed by atoms with E-state index in [0.717, 1.165) is 23.7 Å². The number of fused-ring (bicyclic) bond motifs is 5. The molecular formula is C31H39P. The molecule has 3 fully saturated rings. The van der Waals surface area contributed by atoms with Gasteiger partial charge in [0.15, 0.2) is 0 Å². The zero-order valence-corrected chi connectivity index (χ0v) is 20.9. The summed E-state index contributed by atoms with van der Waals surface area (Å²) in [4.78, 5) is 0. The van der Waals surface area contributed by atoms with Gasteiger partial charge in [0.05, 0.1) is 0 Å². The van der Waals surface area contributed by atoms with E-state index >= 15 is 0 Å². The Morgan fingerprint density at radius 3 is 2.09 bits per heavy atom. The van der Waals surface area contributed by atoms with Crippen molar-refractivity contribution in [1.82, 2.24) is 0 Å². The maximum Gasteiger partial charge on any atom is -0.00337 e. The monoisotopic (exact) mass is 442 g/mol. The fourth-order valence-corrected chi connectivity index (χ4v) is 11.6. The summed E-state index contributed by atoms with van der Waals surface area (Å²) in [7, 11) is -0.436. The smallest absolute Gasteiger partial charge is 0.00337 e. The van der Waals surface area contributed by atoms with Gasteiger partial charge in [0.1, 0.15) is 0 Å². The maximum atomic E-state index is 2.73. The molecule has 0 bridgehead atoms. The molecule has 2 aromatic rings. The van der Waals surface area contributed by atoms with Gasteiger partial charge in [0.25, 0.3) is 0 Å². The van der Waals surface area contributed by atoms with E-state index in [1.54, 1.807) is 5.31 Å². The van der Waals surface area contributed by atoms with Gasteiger partial charge in [-0.15, -0.1) is 0 Å². The maximum absolute atomic E-state index is 2.73. The molecule has 0 aliphatic heterocycles. The van der Waals surface area contributed by atoms with Crippen molar-refractivity contribution in [3.8, 4) is 0 Å². The second kappa shape index (κ2) is 8.13. The summed E-state index contributed by atoms with van der Waals surface area (Å²) in [6.07, 6.45) is 15.9. The molecule has 3 saturated carbocycles. The summed E-state index contributed by atoms with van der Waals surface area (Å²) in [5.74, 6) is 3.81. The molecule has 6 atom stereocenters. The molecule has 32 heavy (non-hydrogen) atoms. The molecule has 6 rings (SSSR count). The van der Waals surface area contributed by atoms with Crippen LogP contribution in [0.4, 0.5) is 0 Å². The Kier molecular flexibility index (Phi) is 5.37. The largest absolute Gasteiger partial charge is 0.0793 e. The average Bonchev–Trinajstić information content (AvgIpc) is 3.17. The summed E-state index contributed by atoms with van der Waals surface area (Å²) in [6.45, 7) is 5.38. The fraction of sp³-hybridized carbons (Fsp3) is 0.548. The molecule has 168 valence electrons. The first-order valence-corrected chi connectivity index (χ1v) is 14.6. The number of benzene rings is 2. The van der Waals surface area contributed by atoms with Crippen LogP contribution < -0.4 is 10.6 Å². The van der Waals surface area contributed by atoms with Crippen LogP contribution in [-0.2, 0) is 0 Å². The molecule has 0 radical (unpaired) electrons. The minimum atomic E-state index is -0.436. The molecule has 0 saturated heterocycles. The first-order valence-electron chi connectivity index (χ1n) is 13.2. The van der Waals surface area contributed by atoms with Crippen LogP contribution in [0.2, 0.25) is 0 Å². The average molecular weight is 443 g/mol. The van der Waals surface area contributed by atoms with Crippen molar-refractivity contribution in [1.29, 1.82) is 0 Å². The molecule has 4 aliphatic rings. The standard InChI is InChI=1S/C31H39P/c1-30-21-10-9-11-23(30)16-17-26-27-18-19-29(31(27,2)22-20-28(26)30)32(24-12-5-3-6-13-24)25-14-7-4-8-15-25/h3-8,12-15,19,23,26-28H,9-11,16-18,20-22H2,1-2H3/t23?,26-,27-,28-,30-,31-/m0/s1. The number of allylic oxidation sites excluding steroid dienone is 2. The van der Waals surface area contributed by atoms with Gasteiger partial charge < -0.3 is 0 Å². The first-order chi connectivity index (χ1) is 15.6. The van der Waals surface area contributed by atoms with Crippen molar-refractivity contribution in [2.24, 2.45) is 34.5 Å². The van der Waals surface area contributed by atoms with E-state index in [9.17, 15) is 0 Å². The van der Waals surface area contributed by atoms with Gasteiger partial charge in [0.2, 0.25) is 0 Å². The summed E-state index contributed by atoms with van der Waals surface area (Å²) >= 11 is 0. The zero-order valence-electron chi connectivity index (χ0n) is 20.0. The highest BCUT2D eigenvalue weighted by molar-refractivity contribution is 7.76. The van der Waals surface area contributed by atoms with Crippen LogP contribution in [0.25, 0.3) is 0 Å². The third kappa shape index (κ3) is 3.20. The van der Waals surface area contributed by atoms with Gasteiger partial charge in [-0.05, 0) is 103 Å². The van der Waals surface area contributed by atoms with Crippen LogP contribution in [0.1, 0.15) is 71.6 Å². The van der Waals surface area contributed by atoms with Crippen molar-refractivity contribution in [2.45, 2.75) is 71.6 Å². The molecule has 4 aliphatic carbocycles. The summed E-state index contributed by atoms with van der Waals surface area (Å²) < 4.78 is 0. The van der Waals surface area contributed by atoms with Crippen LogP contribution in [0.3, 0.4) is 0 Å². The lowest BCUT2D eigenvalue weighted by Gasteiger charge is -2.60. The Bertz CT molecular complexity index is 939.